The van der Waals surface area contributed by atoms with E-state index in [-0.39, 0.29) is 23.2 Å². The first-order chi connectivity index (χ1) is 35.0. The molecular formula is C65H45N5O. The van der Waals surface area contributed by atoms with Crippen molar-refractivity contribution >= 4 is 93.0 Å². The van der Waals surface area contributed by atoms with E-state index in [0.29, 0.717) is 11.7 Å². The summed E-state index contributed by atoms with van der Waals surface area (Å²) in [5.41, 5.74) is 22.3. The van der Waals surface area contributed by atoms with Crippen molar-refractivity contribution < 1.29 is 4.79 Å². The Morgan fingerprint density at radius 1 is 0.592 bits per heavy atom. The molecule has 20 rings (SSSR count). The predicted molar refractivity (Wildman–Crippen MR) is 285 cm³/mol. The quantitative estimate of drug-likeness (QED) is 0.177. The predicted octanol–water partition coefficient (Wildman–Crippen LogP) is 15.5. The summed E-state index contributed by atoms with van der Waals surface area (Å²) in [4.78, 5) is 19.4. The number of nitrogens with zero attached hydrogens (tertiary/aromatic N) is 5. The summed E-state index contributed by atoms with van der Waals surface area (Å²) in [6.07, 6.45) is 11.4. The number of para-hydroxylation sites is 1. The van der Waals surface area contributed by atoms with Crippen molar-refractivity contribution in [2.45, 2.75) is 81.5 Å². The first kappa shape index (κ1) is 37.8. The lowest BCUT2D eigenvalue weighted by Gasteiger charge is -2.43. The fraction of sp³-hybridized carbons (Fsp3) is 0.215. The van der Waals surface area contributed by atoms with Crippen LogP contribution in [0.3, 0.4) is 0 Å². The summed E-state index contributed by atoms with van der Waals surface area (Å²) in [5.74, 6) is 0.927. The van der Waals surface area contributed by atoms with Gasteiger partial charge in [0.2, 0.25) is 0 Å². The minimum atomic E-state index is -0.0297. The molecular weight excluding hydrogens is 867 g/mol. The molecule has 2 fully saturated rings. The van der Waals surface area contributed by atoms with E-state index in [4.69, 9.17) is 4.98 Å². The number of benzene rings is 8. The summed E-state index contributed by atoms with van der Waals surface area (Å²) in [6.45, 7) is 2.41. The fourth-order valence-corrected chi connectivity index (χ4v) is 16.1. The highest BCUT2D eigenvalue weighted by Crippen LogP contribution is 2.60. The molecule has 0 aliphatic heterocycles. The van der Waals surface area contributed by atoms with Gasteiger partial charge in [-0.15, -0.1) is 0 Å². The third kappa shape index (κ3) is 4.29. The summed E-state index contributed by atoms with van der Waals surface area (Å²) in [7, 11) is 0. The molecule has 0 N–H and O–H groups in total. The summed E-state index contributed by atoms with van der Waals surface area (Å²) in [5, 5.41) is 21.2. The number of Topliss-reactive ketones (excluding diaryl/α,β-unsaturated/α-hetero) is 1. The van der Waals surface area contributed by atoms with Crippen LogP contribution >= 0.6 is 0 Å². The zero-order valence-electron chi connectivity index (χ0n) is 39.3. The Labute approximate surface area is 408 Å². The molecule has 0 atom stereocenters. The van der Waals surface area contributed by atoms with Crippen molar-refractivity contribution in [2.75, 3.05) is 0 Å². The molecule has 336 valence electrons. The summed E-state index contributed by atoms with van der Waals surface area (Å²) < 4.78 is 7.29. The first-order valence-corrected chi connectivity index (χ1v) is 26.1. The number of rotatable bonds is 3. The van der Waals surface area contributed by atoms with Gasteiger partial charge in [0.15, 0.2) is 5.78 Å². The van der Waals surface area contributed by atoms with E-state index in [1.807, 2.05) is 6.33 Å². The second kappa shape index (κ2) is 12.7. The average Bonchev–Trinajstić information content (AvgIpc) is 4.22. The van der Waals surface area contributed by atoms with Gasteiger partial charge in [-0.3, -0.25) is 9.36 Å². The Hall–Kier alpha value is -8.01. The van der Waals surface area contributed by atoms with E-state index in [0.717, 1.165) is 85.5 Å². The van der Waals surface area contributed by atoms with Gasteiger partial charge in [-0.2, -0.15) is 5.26 Å². The van der Waals surface area contributed by atoms with Crippen molar-refractivity contribution in [1.29, 1.82) is 5.26 Å². The van der Waals surface area contributed by atoms with Crippen LogP contribution in [0.1, 0.15) is 136 Å². The lowest BCUT2D eigenvalue weighted by molar-refractivity contribution is 0.0793. The lowest BCUT2D eigenvalue weighted by atomic mass is 9.59. The van der Waals surface area contributed by atoms with Gasteiger partial charge in [-0.1, -0.05) is 92.9 Å². The van der Waals surface area contributed by atoms with Crippen LogP contribution in [0, 0.1) is 17.2 Å². The Morgan fingerprint density at radius 3 is 1.92 bits per heavy atom. The number of ketones is 1. The molecule has 6 heteroatoms. The van der Waals surface area contributed by atoms with Gasteiger partial charge in [-0.25, -0.2) is 4.98 Å². The van der Waals surface area contributed by atoms with Crippen molar-refractivity contribution in [1.82, 2.24) is 18.4 Å². The molecule has 8 aromatic carbocycles. The number of carbonyl (C=O) groups excluding carboxylic acids is 1. The zero-order chi connectivity index (χ0) is 46.3. The molecule has 6 nitrogen and oxygen atoms in total. The van der Waals surface area contributed by atoms with Gasteiger partial charge in [0.1, 0.15) is 6.33 Å². The number of nitriles is 1. The maximum absolute atomic E-state index is 14.1. The van der Waals surface area contributed by atoms with Gasteiger partial charge in [0, 0.05) is 72.1 Å². The second-order valence-corrected chi connectivity index (χ2v) is 22.2. The Kier molecular flexibility index (Phi) is 6.74. The van der Waals surface area contributed by atoms with E-state index in [1.165, 1.54) is 114 Å². The van der Waals surface area contributed by atoms with Gasteiger partial charge in [0.05, 0.1) is 55.8 Å². The van der Waals surface area contributed by atoms with Gasteiger partial charge in [0.25, 0.3) is 0 Å². The van der Waals surface area contributed by atoms with Crippen molar-refractivity contribution in [3.05, 3.63) is 189 Å². The van der Waals surface area contributed by atoms with Crippen LogP contribution in [0.5, 0.6) is 0 Å². The second-order valence-electron chi connectivity index (χ2n) is 22.2. The molecule has 7 aliphatic rings. The first-order valence-electron chi connectivity index (χ1n) is 26.1. The highest BCUT2D eigenvalue weighted by molar-refractivity contribution is 6.34. The smallest absolute Gasteiger partial charge is 0.166 e. The monoisotopic (exact) mass is 911 g/mol. The highest BCUT2D eigenvalue weighted by atomic mass is 16.1. The van der Waals surface area contributed by atoms with E-state index < -0.39 is 0 Å². The molecule has 5 aromatic heterocycles. The molecule has 4 bridgehead atoms. The largest absolute Gasteiger partial charge is 0.308 e. The Balaban J connectivity index is 1.04. The van der Waals surface area contributed by atoms with E-state index >= 15 is 0 Å². The summed E-state index contributed by atoms with van der Waals surface area (Å²) >= 11 is 0. The van der Waals surface area contributed by atoms with Crippen molar-refractivity contribution in [3.8, 4) is 11.8 Å². The topological polar surface area (TPSA) is 67.5 Å². The van der Waals surface area contributed by atoms with Crippen LogP contribution in [0.4, 0.5) is 0 Å². The van der Waals surface area contributed by atoms with E-state index in [9.17, 15) is 10.1 Å². The van der Waals surface area contributed by atoms with Crippen LogP contribution in [0.25, 0.3) is 92.9 Å². The average molecular weight is 912 g/mol. The maximum Gasteiger partial charge on any atom is 0.166 e. The number of hydrogen-bond donors (Lipinski definition) is 0. The van der Waals surface area contributed by atoms with Crippen LogP contribution < -0.4 is 0 Å². The zero-order valence-corrected chi connectivity index (χ0v) is 39.3. The number of carbonyl (C=O) groups is 1. The highest BCUT2D eigenvalue weighted by Gasteiger charge is 2.46. The Bertz CT molecular complexity index is 4610. The number of fused-ring (bicyclic) bond motifs is 14. The van der Waals surface area contributed by atoms with Gasteiger partial charge < -0.3 is 8.80 Å². The van der Waals surface area contributed by atoms with E-state index in [1.54, 1.807) is 0 Å². The molecule has 13 aromatic rings. The molecule has 7 aliphatic carbocycles. The molecule has 0 saturated heterocycles. The van der Waals surface area contributed by atoms with Crippen molar-refractivity contribution in [3.63, 3.8) is 0 Å². The van der Waals surface area contributed by atoms with E-state index in [2.05, 4.69) is 154 Å². The van der Waals surface area contributed by atoms with Crippen LogP contribution in [0.2, 0.25) is 0 Å². The van der Waals surface area contributed by atoms with Crippen LogP contribution in [0.15, 0.2) is 134 Å². The minimum absolute atomic E-state index is 0.0150. The summed E-state index contributed by atoms with van der Waals surface area (Å²) in [6, 6.07) is 50.8. The molecule has 0 spiro atoms. The molecule has 0 radical (unpaired) electrons. The molecule has 2 saturated carbocycles. The van der Waals surface area contributed by atoms with Crippen LogP contribution in [-0.4, -0.2) is 24.1 Å². The fourth-order valence-electron chi connectivity index (χ4n) is 16.1. The molecule has 5 heterocycles. The number of imidazole rings is 1. The normalized spacial score (nSPS) is 20.8. The van der Waals surface area contributed by atoms with Crippen LogP contribution in [-0.2, 0) is 5.41 Å². The standard InChI is InChI=1S/C65H45N5O/c1-2-65(19-11-4-12-20-65)36-24-45-43-26-42-33-21-34(22-33)64(71)47(42)28-50(43)69-51-29-48-52(27-44(51)46(25-36)62(45)69)70-53-23-35(31-66)55-56-38-15-7-9-17-40(38)57(41-18-10-8-16-39(41)56)60(55)58(53)49-30-54-61(59(48)63(49)70)67-32-68(54)37-13-5-3-6-14-37/h3,5-10,13-18,23-30,32-34,56-57H,2,4,11-12,19-22H2,1H3. The maximum atomic E-state index is 14.1. The number of hydrogen-bond acceptors (Lipinski definition) is 3. The molecule has 0 unspecified atom stereocenters. The number of aromatic nitrogens is 4. The third-order valence-electron chi connectivity index (χ3n) is 19.4. The third-order valence-corrected chi connectivity index (χ3v) is 19.4. The van der Waals surface area contributed by atoms with Crippen molar-refractivity contribution in [2.24, 2.45) is 5.92 Å². The Morgan fingerprint density at radius 2 is 1.21 bits per heavy atom. The van der Waals surface area contributed by atoms with Gasteiger partial charge in [-0.05, 0) is 149 Å². The van der Waals surface area contributed by atoms with Gasteiger partial charge >= 0.3 is 0 Å². The molecule has 71 heavy (non-hydrogen) atoms. The minimum Gasteiger partial charge on any atom is -0.308 e. The molecule has 0 amide bonds. The lowest BCUT2D eigenvalue weighted by Crippen LogP contribution is -2.36. The SMILES string of the molecule is CCC1(c2cc3c4cc5c(cc4n4c6cc7c8c9ncn(-c%10ccccc%10)c9cc9c%10c%11c(c(C#N)cc%10n(c7cc6c(c2)c34)c98)C2c3ccccc3C%11c3ccccc32)C(=O)C2CC5C2)CCCCC1.